The molecular weight excluding hydrogens is 244 g/mol. The summed E-state index contributed by atoms with van der Waals surface area (Å²) in [4.78, 5) is 27.0. The molecule has 0 aromatic carbocycles. The minimum atomic E-state index is -0.796. The van der Waals surface area contributed by atoms with E-state index in [-0.39, 0.29) is 6.03 Å². The molecule has 0 bridgehead atoms. The zero-order valence-corrected chi connectivity index (χ0v) is 12.1. The van der Waals surface area contributed by atoms with Crippen molar-refractivity contribution in [1.29, 1.82) is 0 Å². The van der Waals surface area contributed by atoms with Crippen LogP contribution in [0.25, 0.3) is 0 Å². The highest BCUT2D eigenvalue weighted by atomic mass is 16.4. The molecule has 1 aliphatic rings. The number of amides is 2. The third kappa shape index (κ3) is 3.49. The van der Waals surface area contributed by atoms with Crippen LogP contribution in [0, 0.1) is 5.41 Å². The summed E-state index contributed by atoms with van der Waals surface area (Å²) in [5, 5.41) is 9.41. The quantitative estimate of drug-likeness (QED) is 0.795. The van der Waals surface area contributed by atoms with E-state index < -0.39 is 11.4 Å². The minimum Gasteiger partial charge on any atom is -0.481 e. The maximum Gasteiger partial charge on any atom is 0.320 e. The Kier molecular flexibility index (Phi) is 4.97. The fourth-order valence-corrected chi connectivity index (χ4v) is 2.62. The Morgan fingerprint density at radius 2 is 2.11 bits per heavy atom. The SMILES string of the molecule is C=C(C)CN(C)C(=O)N1CCCC(CC)(C(=O)O)C1. The number of likely N-dealkylation sites (tertiary alicyclic amines) is 1. The lowest BCUT2D eigenvalue weighted by molar-refractivity contribution is -0.152. The van der Waals surface area contributed by atoms with Crippen LogP contribution in [0.15, 0.2) is 12.2 Å². The molecule has 19 heavy (non-hydrogen) atoms. The first-order valence-electron chi connectivity index (χ1n) is 6.70. The van der Waals surface area contributed by atoms with Crippen molar-refractivity contribution in [3.63, 3.8) is 0 Å². The summed E-state index contributed by atoms with van der Waals surface area (Å²) in [5.41, 5.74) is 0.130. The molecule has 2 amide bonds. The molecule has 1 N–H and O–H groups in total. The van der Waals surface area contributed by atoms with E-state index in [9.17, 15) is 14.7 Å². The molecule has 108 valence electrons. The van der Waals surface area contributed by atoms with Crippen LogP contribution in [0.3, 0.4) is 0 Å². The van der Waals surface area contributed by atoms with Gasteiger partial charge in [0, 0.05) is 26.7 Å². The second-order valence-corrected chi connectivity index (χ2v) is 5.56. The summed E-state index contributed by atoms with van der Waals surface area (Å²) in [6.45, 7) is 8.97. The number of urea groups is 1. The van der Waals surface area contributed by atoms with E-state index in [4.69, 9.17) is 0 Å². The summed E-state index contributed by atoms with van der Waals surface area (Å²) in [6, 6.07) is -0.109. The Morgan fingerprint density at radius 3 is 2.58 bits per heavy atom. The number of likely N-dealkylation sites (N-methyl/N-ethyl adjacent to an activating group) is 1. The van der Waals surface area contributed by atoms with Crippen LogP contribution in [0.1, 0.15) is 33.1 Å². The normalized spacial score (nSPS) is 23.0. The van der Waals surface area contributed by atoms with E-state index in [2.05, 4.69) is 6.58 Å². The predicted octanol–water partition coefficient (Wildman–Crippen LogP) is 2.19. The van der Waals surface area contributed by atoms with Gasteiger partial charge in [-0.2, -0.15) is 0 Å². The first kappa shape index (κ1) is 15.5. The van der Waals surface area contributed by atoms with Crippen molar-refractivity contribution >= 4 is 12.0 Å². The maximum absolute atomic E-state index is 12.3. The Hall–Kier alpha value is -1.52. The third-order valence-corrected chi connectivity index (χ3v) is 3.81. The van der Waals surface area contributed by atoms with Crippen LogP contribution >= 0.6 is 0 Å². The van der Waals surface area contributed by atoms with Crippen LogP contribution in [0.5, 0.6) is 0 Å². The number of rotatable bonds is 4. The van der Waals surface area contributed by atoms with E-state index in [0.717, 1.165) is 12.0 Å². The molecule has 1 atom stereocenters. The fourth-order valence-electron chi connectivity index (χ4n) is 2.62. The highest BCUT2D eigenvalue weighted by Gasteiger charge is 2.42. The number of aliphatic carboxylic acids is 1. The first-order chi connectivity index (χ1) is 8.82. The van der Waals surface area contributed by atoms with Gasteiger partial charge in [-0.3, -0.25) is 4.79 Å². The molecule has 0 aliphatic carbocycles. The maximum atomic E-state index is 12.3. The van der Waals surface area contributed by atoms with E-state index in [1.807, 2.05) is 13.8 Å². The topological polar surface area (TPSA) is 60.9 Å². The molecule has 1 aliphatic heterocycles. The monoisotopic (exact) mass is 268 g/mol. The van der Waals surface area contributed by atoms with Gasteiger partial charge >= 0.3 is 12.0 Å². The van der Waals surface area contributed by atoms with E-state index in [0.29, 0.717) is 32.5 Å². The molecular formula is C14H24N2O3. The molecule has 0 spiro atoms. The lowest BCUT2D eigenvalue weighted by atomic mass is 9.78. The van der Waals surface area contributed by atoms with Gasteiger partial charge in [0.25, 0.3) is 0 Å². The van der Waals surface area contributed by atoms with Crippen LogP contribution in [-0.2, 0) is 4.79 Å². The van der Waals surface area contributed by atoms with Gasteiger partial charge in [-0.1, -0.05) is 19.1 Å². The second-order valence-electron chi connectivity index (χ2n) is 5.56. The summed E-state index contributed by atoms with van der Waals surface area (Å²) >= 11 is 0. The number of carbonyl (C=O) groups is 2. The molecule has 0 aromatic rings. The van der Waals surface area contributed by atoms with Gasteiger partial charge in [0.05, 0.1) is 5.41 Å². The van der Waals surface area contributed by atoms with Crippen molar-refractivity contribution in [1.82, 2.24) is 9.80 Å². The Morgan fingerprint density at radius 1 is 1.47 bits per heavy atom. The number of nitrogens with zero attached hydrogens (tertiary/aromatic N) is 2. The Labute approximate surface area is 114 Å². The van der Waals surface area contributed by atoms with Gasteiger partial charge in [0.15, 0.2) is 0 Å². The predicted molar refractivity (Wildman–Crippen MR) is 74.0 cm³/mol. The molecule has 0 radical (unpaired) electrons. The zero-order valence-electron chi connectivity index (χ0n) is 12.1. The zero-order chi connectivity index (χ0) is 14.6. The van der Waals surface area contributed by atoms with Crippen LogP contribution < -0.4 is 0 Å². The highest BCUT2D eigenvalue weighted by molar-refractivity contribution is 5.78. The van der Waals surface area contributed by atoms with E-state index in [1.165, 1.54) is 0 Å². The van der Waals surface area contributed by atoms with Crippen molar-refractivity contribution in [2.75, 3.05) is 26.7 Å². The van der Waals surface area contributed by atoms with Gasteiger partial charge in [0.1, 0.15) is 0 Å². The van der Waals surface area contributed by atoms with Gasteiger partial charge in [-0.05, 0) is 26.2 Å². The lowest BCUT2D eigenvalue weighted by Gasteiger charge is -2.40. The van der Waals surface area contributed by atoms with Crippen LogP contribution in [-0.4, -0.2) is 53.6 Å². The molecule has 5 nitrogen and oxygen atoms in total. The van der Waals surface area contributed by atoms with Crippen molar-refractivity contribution in [2.45, 2.75) is 33.1 Å². The lowest BCUT2D eigenvalue weighted by Crippen LogP contribution is -2.52. The molecule has 0 saturated carbocycles. The number of carboxylic acids is 1. The van der Waals surface area contributed by atoms with Crippen LogP contribution in [0.2, 0.25) is 0 Å². The number of piperidine rings is 1. The van der Waals surface area contributed by atoms with E-state index >= 15 is 0 Å². The summed E-state index contributed by atoms with van der Waals surface area (Å²) in [5.74, 6) is -0.796. The molecule has 0 aromatic heterocycles. The molecule has 1 unspecified atom stereocenters. The fraction of sp³-hybridized carbons (Fsp3) is 0.714. The first-order valence-corrected chi connectivity index (χ1v) is 6.70. The van der Waals surface area contributed by atoms with Gasteiger partial charge < -0.3 is 14.9 Å². The number of carbonyl (C=O) groups excluding carboxylic acids is 1. The van der Waals surface area contributed by atoms with Crippen molar-refractivity contribution < 1.29 is 14.7 Å². The average molecular weight is 268 g/mol. The molecule has 1 fully saturated rings. The molecule has 1 rings (SSSR count). The van der Waals surface area contributed by atoms with Crippen molar-refractivity contribution in [2.24, 2.45) is 5.41 Å². The van der Waals surface area contributed by atoms with Crippen LogP contribution in [0.4, 0.5) is 4.79 Å². The summed E-state index contributed by atoms with van der Waals surface area (Å²) < 4.78 is 0. The van der Waals surface area contributed by atoms with Gasteiger partial charge in [-0.15, -0.1) is 0 Å². The highest BCUT2D eigenvalue weighted by Crippen LogP contribution is 2.34. The molecule has 1 saturated heterocycles. The van der Waals surface area contributed by atoms with Crippen molar-refractivity contribution in [3.8, 4) is 0 Å². The standard InChI is InChI=1S/C14H24N2O3/c1-5-14(12(17)18)7-6-8-16(10-14)13(19)15(4)9-11(2)3/h2,5-10H2,1,3-4H3,(H,17,18). The van der Waals surface area contributed by atoms with Crippen molar-refractivity contribution in [3.05, 3.63) is 12.2 Å². The number of hydrogen-bond acceptors (Lipinski definition) is 2. The third-order valence-electron chi connectivity index (χ3n) is 3.81. The minimum absolute atomic E-state index is 0.109. The van der Waals surface area contributed by atoms with Gasteiger partial charge in [0.2, 0.25) is 0 Å². The Balaban J connectivity index is 2.76. The van der Waals surface area contributed by atoms with Gasteiger partial charge in [-0.25, -0.2) is 4.79 Å². The molecule has 1 heterocycles. The number of hydrogen-bond donors (Lipinski definition) is 1. The summed E-state index contributed by atoms with van der Waals surface area (Å²) in [6.07, 6.45) is 1.94. The van der Waals surface area contributed by atoms with E-state index in [1.54, 1.807) is 16.8 Å². The second kappa shape index (κ2) is 6.08. The largest absolute Gasteiger partial charge is 0.481 e. The molecule has 5 heteroatoms. The smallest absolute Gasteiger partial charge is 0.320 e. The Bertz CT molecular complexity index is 381. The summed E-state index contributed by atoms with van der Waals surface area (Å²) in [7, 11) is 1.72. The average Bonchev–Trinajstić information content (AvgIpc) is 2.36. The number of carboxylic acid groups (broad SMARTS) is 1.